The van der Waals surface area contributed by atoms with E-state index >= 15 is 0 Å². The average Bonchev–Trinajstić information content (AvgIpc) is 3.25. The molecule has 1 aliphatic carbocycles. The Morgan fingerprint density at radius 1 is 1.33 bits per heavy atom. The molecular weight excluding hydrogens is 306 g/mol. The molecule has 1 aromatic carbocycles. The second kappa shape index (κ2) is 6.24. The van der Waals surface area contributed by atoms with Gasteiger partial charge < -0.3 is 19.5 Å². The van der Waals surface area contributed by atoms with Gasteiger partial charge in [-0.25, -0.2) is 4.79 Å². The van der Waals surface area contributed by atoms with E-state index in [0.717, 1.165) is 12.2 Å². The molecule has 0 radical (unpaired) electrons. The zero-order valence-electron chi connectivity index (χ0n) is 13.6. The first-order chi connectivity index (χ1) is 11.7. The number of aryl methyl sites for hydroxylation is 1. The highest BCUT2D eigenvalue weighted by Crippen LogP contribution is 2.40. The van der Waals surface area contributed by atoms with Gasteiger partial charge in [0.15, 0.2) is 5.82 Å². The topological polar surface area (TPSA) is 72.3 Å². The maximum absolute atomic E-state index is 12.5. The summed E-state index contributed by atoms with van der Waals surface area (Å²) in [5.41, 5.74) is 1.29. The van der Waals surface area contributed by atoms with Crippen molar-refractivity contribution in [1.29, 1.82) is 0 Å². The van der Waals surface area contributed by atoms with E-state index in [9.17, 15) is 4.79 Å². The molecule has 1 saturated heterocycles. The van der Waals surface area contributed by atoms with Crippen molar-refractivity contribution in [3.05, 3.63) is 48.0 Å². The third-order valence-corrected chi connectivity index (χ3v) is 4.72. The lowest BCUT2D eigenvalue weighted by Crippen LogP contribution is -2.48. The molecule has 2 aromatic rings. The summed E-state index contributed by atoms with van der Waals surface area (Å²) in [6.45, 7) is 1.61. The molecule has 4 rings (SSSR count). The largest absolute Gasteiger partial charge is 0.366 e. The van der Waals surface area contributed by atoms with E-state index in [1.807, 2.05) is 34.7 Å². The van der Waals surface area contributed by atoms with Crippen LogP contribution in [0.2, 0.25) is 0 Å². The molecular formula is C17H21N5O2. The number of benzene rings is 1. The Bertz CT molecular complexity index is 717. The molecule has 1 saturated carbocycles. The number of urea groups is 1. The normalized spacial score (nSPS) is 26.2. The minimum absolute atomic E-state index is 0.0195. The third kappa shape index (κ3) is 2.99. The monoisotopic (exact) mass is 327 g/mol. The van der Waals surface area contributed by atoms with Crippen LogP contribution in [0.5, 0.6) is 0 Å². The maximum Gasteiger partial charge on any atom is 0.317 e. The number of amides is 2. The lowest BCUT2D eigenvalue weighted by molar-refractivity contribution is -0.0215. The predicted octanol–water partition coefficient (Wildman–Crippen LogP) is 1.45. The average molecular weight is 327 g/mol. The van der Waals surface area contributed by atoms with Crippen LogP contribution in [-0.4, -0.2) is 51.4 Å². The van der Waals surface area contributed by atoms with Crippen molar-refractivity contribution in [2.24, 2.45) is 7.05 Å². The molecule has 2 amide bonds. The molecule has 7 nitrogen and oxygen atoms in total. The van der Waals surface area contributed by atoms with Gasteiger partial charge in [0, 0.05) is 25.6 Å². The van der Waals surface area contributed by atoms with Crippen LogP contribution in [0, 0.1) is 0 Å². The van der Waals surface area contributed by atoms with E-state index in [2.05, 4.69) is 27.6 Å². The van der Waals surface area contributed by atoms with Gasteiger partial charge >= 0.3 is 6.03 Å². The minimum Gasteiger partial charge on any atom is -0.366 e. The van der Waals surface area contributed by atoms with Gasteiger partial charge in [0.25, 0.3) is 0 Å². The van der Waals surface area contributed by atoms with Crippen LogP contribution in [0.3, 0.4) is 0 Å². The van der Waals surface area contributed by atoms with Gasteiger partial charge in [0.1, 0.15) is 12.4 Å². The first kappa shape index (κ1) is 15.1. The van der Waals surface area contributed by atoms with Gasteiger partial charge in [0.2, 0.25) is 0 Å². The molecule has 2 fully saturated rings. The molecule has 2 heterocycles. The minimum atomic E-state index is -0.221. The Morgan fingerprint density at radius 2 is 2.17 bits per heavy atom. The fourth-order valence-corrected chi connectivity index (χ4v) is 3.25. The second-order valence-electron chi connectivity index (χ2n) is 6.41. The van der Waals surface area contributed by atoms with Crippen molar-refractivity contribution in [3.63, 3.8) is 0 Å². The summed E-state index contributed by atoms with van der Waals surface area (Å²) in [6.07, 6.45) is 2.43. The quantitative estimate of drug-likeness (QED) is 0.926. The lowest BCUT2D eigenvalue weighted by Gasteiger charge is -2.32. The molecule has 3 unspecified atom stereocenters. The van der Waals surface area contributed by atoms with Crippen LogP contribution < -0.4 is 5.32 Å². The molecule has 2 aliphatic rings. The van der Waals surface area contributed by atoms with Crippen LogP contribution >= 0.6 is 0 Å². The van der Waals surface area contributed by atoms with Crippen molar-refractivity contribution in [1.82, 2.24) is 25.0 Å². The maximum atomic E-state index is 12.5. The van der Waals surface area contributed by atoms with Crippen LogP contribution in [-0.2, 0) is 11.8 Å². The first-order valence-electron chi connectivity index (χ1n) is 8.28. The molecule has 3 atom stereocenters. The molecule has 1 N–H and O–H groups in total. The van der Waals surface area contributed by atoms with Gasteiger partial charge in [-0.1, -0.05) is 30.3 Å². The summed E-state index contributed by atoms with van der Waals surface area (Å²) in [4.78, 5) is 14.4. The molecule has 1 aromatic heterocycles. The first-order valence-corrected chi connectivity index (χ1v) is 8.28. The number of aromatic nitrogens is 3. The summed E-state index contributed by atoms with van der Waals surface area (Å²) in [5.74, 6) is 1.19. The van der Waals surface area contributed by atoms with E-state index in [0.29, 0.717) is 25.6 Å². The number of nitrogens with zero attached hydrogens (tertiary/aromatic N) is 4. The highest BCUT2D eigenvalue weighted by molar-refractivity contribution is 5.75. The van der Waals surface area contributed by atoms with Gasteiger partial charge in [-0.3, -0.25) is 0 Å². The number of rotatable bonds is 3. The molecule has 24 heavy (non-hydrogen) atoms. The highest BCUT2D eigenvalue weighted by atomic mass is 16.5. The summed E-state index contributed by atoms with van der Waals surface area (Å²) in [5, 5.41) is 11.1. The van der Waals surface area contributed by atoms with Gasteiger partial charge in [-0.2, -0.15) is 0 Å². The van der Waals surface area contributed by atoms with Crippen molar-refractivity contribution >= 4 is 6.03 Å². The van der Waals surface area contributed by atoms with E-state index in [1.54, 1.807) is 6.33 Å². The summed E-state index contributed by atoms with van der Waals surface area (Å²) >= 11 is 0. The second-order valence-corrected chi connectivity index (χ2v) is 6.41. The number of carbonyl (C=O) groups is 1. The van der Waals surface area contributed by atoms with E-state index in [-0.39, 0.29) is 18.2 Å². The Kier molecular flexibility index (Phi) is 3.93. The Morgan fingerprint density at radius 3 is 2.92 bits per heavy atom. The zero-order chi connectivity index (χ0) is 16.5. The van der Waals surface area contributed by atoms with Crippen LogP contribution in [0.25, 0.3) is 0 Å². The van der Waals surface area contributed by atoms with Crippen molar-refractivity contribution < 1.29 is 9.53 Å². The smallest absolute Gasteiger partial charge is 0.317 e. The Labute approximate surface area is 140 Å². The molecule has 1 aliphatic heterocycles. The SMILES string of the molecule is Cn1cnnc1C1CN(C(=O)NC2CC2c2ccccc2)CCO1. The number of carbonyl (C=O) groups excluding carboxylic acids is 1. The molecule has 0 spiro atoms. The van der Waals surface area contributed by atoms with Crippen molar-refractivity contribution in [2.45, 2.75) is 24.5 Å². The summed E-state index contributed by atoms with van der Waals surface area (Å²) in [6, 6.07) is 10.6. The third-order valence-electron chi connectivity index (χ3n) is 4.72. The van der Waals surface area contributed by atoms with Gasteiger partial charge in [0.05, 0.1) is 13.2 Å². The molecule has 7 heteroatoms. The number of hydrogen-bond acceptors (Lipinski definition) is 4. The molecule has 126 valence electrons. The number of nitrogens with one attached hydrogen (secondary N) is 1. The number of hydrogen-bond donors (Lipinski definition) is 1. The van der Waals surface area contributed by atoms with E-state index in [4.69, 9.17) is 4.74 Å². The molecule has 0 bridgehead atoms. The van der Waals surface area contributed by atoms with E-state index < -0.39 is 0 Å². The summed E-state index contributed by atoms with van der Waals surface area (Å²) < 4.78 is 7.58. The fourth-order valence-electron chi connectivity index (χ4n) is 3.25. The fraction of sp³-hybridized carbons (Fsp3) is 0.471. The van der Waals surface area contributed by atoms with Crippen molar-refractivity contribution in [3.8, 4) is 0 Å². The Hall–Kier alpha value is -2.41. The number of morpholine rings is 1. The number of ether oxygens (including phenoxy) is 1. The standard InChI is InChI=1S/C17H21N5O2/c1-21-11-18-20-16(21)15-10-22(7-8-24-15)17(23)19-14-9-13(14)12-5-3-2-4-6-12/h2-6,11,13-15H,7-10H2,1H3,(H,19,23). The summed E-state index contributed by atoms with van der Waals surface area (Å²) in [7, 11) is 1.88. The van der Waals surface area contributed by atoms with Crippen molar-refractivity contribution in [2.75, 3.05) is 19.7 Å². The Balaban J connectivity index is 1.35. The van der Waals surface area contributed by atoms with Crippen LogP contribution in [0.15, 0.2) is 36.7 Å². The highest BCUT2D eigenvalue weighted by Gasteiger charge is 2.40. The van der Waals surface area contributed by atoms with Gasteiger partial charge in [-0.05, 0) is 12.0 Å². The van der Waals surface area contributed by atoms with Crippen LogP contribution in [0.4, 0.5) is 4.79 Å². The van der Waals surface area contributed by atoms with Crippen LogP contribution in [0.1, 0.15) is 29.8 Å². The van der Waals surface area contributed by atoms with E-state index in [1.165, 1.54) is 5.56 Å². The lowest BCUT2D eigenvalue weighted by atomic mass is 10.1. The zero-order valence-corrected chi connectivity index (χ0v) is 13.6. The van der Waals surface area contributed by atoms with Gasteiger partial charge in [-0.15, -0.1) is 10.2 Å². The predicted molar refractivity (Wildman–Crippen MR) is 87.4 cm³/mol.